The van der Waals surface area contributed by atoms with Crippen molar-refractivity contribution in [3.63, 3.8) is 0 Å². The van der Waals surface area contributed by atoms with Gasteiger partial charge in [-0.3, -0.25) is 9.59 Å². The Kier molecular flexibility index (Phi) is 4.17. The van der Waals surface area contributed by atoms with Gasteiger partial charge in [0.25, 0.3) is 5.91 Å². The molecule has 114 valence electrons. The van der Waals surface area contributed by atoms with Crippen LogP contribution in [0.1, 0.15) is 10.4 Å². The number of amides is 2. The minimum absolute atomic E-state index is 0.228. The predicted molar refractivity (Wildman–Crippen MR) is 91.3 cm³/mol. The molecule has 0 saturated carbocycles. The smallest absolute Gasteiger partial charge is 0.265 e. The third-order valence-electron chi connectivity index (χ3n) is 3.64. The van der Waals surface area contributed by atoms with Crippen LogP contribution in [-0.2, 0) is 4.79 Å². The fourth-order valence-electron chi connectivity index (χ4n) is 2.49. The van der Waals surface area contributed by atoms with E-state index >= 15 is 0 Å². The normalized spacial score (nSPS) is 10.5. The molecule has 23 heavy (non-hydrogen) atoms. The van der Waals surface area contributed by atoms with Crippen LogP contribution >= 0.6 is 0 Å². The monoisotopic (exact) mass is 304 g/mol. The number of nitrogens with two attached hydrogens (primary N) is 1. The second kappa shape index (κ2) is 6.42. The molecule has 2 N–H and O–H groups in total. The lowest BCUT2D eigenvalue weighted by molar-refractivity contribution is -0.116. The van der Waals surface area contributed by atoms with Gasteiger partial charge in [0.1, 0.15) is 0 Å². The average Bonchev–Trinajstić information content (AvgIpc) is 2.62. The van der Waals surface area contributed by atoms with Gasteiger partial charge in [-0.25, -0.2) is 4.90 Å². The molecule has 4 heteroatoms. The van der Waals surface area contributed by atoms with Gasteiger partial charge in [-0.1, -0.05) is 48.5 Å². The molecule has 0 radical (unpaired) electrons. The Labute approximate surface area is 134 Å². The molecule has 0 atom stereocenters. The van der Waals surface area contributed by atoms with Gasteiger partial charge in [-0.2, -0.15) is 0 Å². The summed E-state index contributed by atoms with van der Waals surface area (Å²) in [6.07, 6.45) is 0. The molecule has 0 aromatic heterocycles. The highest BCUT2D eigenvalue weighted by Gasteiger charge is 2.23. The highest BCUT2D eigenvalue weighted by molar-refractivity contribution is 6.22. The van der Waals surface area contributed by atoms with Gasteiger partial charge >= 0.3 is 0 Å². The van der Waals surface area contributed by atoms with Gasteiger partial charge in [-0.05, 0) is 35.0 Å². The van der Waals surface area contributed by atoms with Crippen LogP contribution in [0.4, 0.5) is 5.69 Å². The van der Waals surface area contributed by atoms with E-state index in [4.69, 9.17) is 5.73 Å². The number of para-hydroxylation sites is 1. The second-order valence-corrected chi connectivity index (χ2v) is 5.14. The van der Waals surface area contributed by atoms with Crippen molar-refractivity contribution in [2.24, 2.45) is 5.73 Å². The van der Waals surface area contributed by atoms with Crippen molar-refractivity contribution < 1.29 is 9.59 Å². The molecule has 0 aliphatic heterocycles. The fraction of sp³-hybridized carbons (Fsp3) is 0.0526. The number of fused-ring (bicyclic) bond motifs is 1. The van der Waals surface area contributed by atoms with E-state index in [1.165, 1.54) is 0 Å². The molecule has 0 aliphatic rings. The van der Waals surface area contributed by atoms with Crippen molar-refractivity contribution in [2.75, 3.05) is 11.4 Å². The quantitative estimate of drug-likeness (QED) is 0.809. The third kappa shape index (κ3) is 2.98. The number of carbonyl (C=O) groups is 2. The van der Waals surface area contributed by atoms with Gasteiger partial charge in [0.05, 0.1) is 12.2 Å². The van der Waals surface area contributed by atoms with Crippen LogP contribution in [0.5, 0.6) is 0 Å². The molecule has 0 bridgehead atoms. The predicted octanol–water partition coefficient (Wildman–Crippen LogP) is 2.97. The molecule has 3 rings (SSSR count). The van der Waals surface area contributed by atoms with E-state index in [9.17, 15) is 9.59 Å². The maximum absolute atomic E-state index is 12.8. The van der Waals surface area contributed by atoms with Gasteiger partial charge in [0.15, 0.2) is 0 Å². The SMILES string of the molecule is NCC(=O)N(C(=O)c1ccc2ccccc2c1)c1ccccc1. The summed E-state index contributed by atoms with van der Waals surface area (Å²) in [6.45, 7) is -0.228. The number of anilines is 1. The van der Waals surface area contributed by atoms with Crippen LogP contribution in [0.3, 0.4) is 0 Å². The van der Waals surface area contributed by atoms with Crippen molar-refractivity contribution >= 4 is 28.3 Å². The van der Waals surface area contributed by atoms with Crippen molar-refractivity contribution in [1.82, 2.24) is 0 Å². The van der Waals surface area contributed by atoms with Gasteiger partial charge < -0.3 is 5.73 Å². The van der Waals surface area contributed by atoms with Crippen LogP contribution < -0.4 is 10.6 Å². The summed E-state index contributed by atoms with van der Waals surface area (Å²) in [5, 5.41) is 1.99. The number of carbonyl (C=O) groups excluding carboxylic acids is 2. The average molecular weight is 304 g/mol. The Morgan fingerprint density at radius 3 is 2.17 bits per heavy atom. The maximum Gasteiger partial charge on any atom is 0.265 e. The number of rotatable bonds is 3. The maximum atomic E-state index is 12.8. The molecule has 0 unspecified atom stereocenters. The minimum Gasteiger partial charge on any atom is -0.322 e. The Morgan fingerprint density at radius 2 is 1.48 bits per heavy atom. The van der Waals surface area contributed by atoms with Crippen molar-refractivity contribution in [3.8, 4) is 0 Å². The van der Waals surface area contributed by atoms with Crippen LogP contribution in [0.25, 0.3) is 10.8 Å². The molecule has 0 aliphatic carbocycles. The zero-order valence-corrected chi connectivity index (χ0v) is 12.5. The summed E-state index contributed by atoms with van der Waals surface area (Å²) in [4.78, 5) is 26.1. The van der Waals surface area contributed by atoms with E-state index in [0.29, 0.717) is 11.3 Å². The zero-order chi connectivity index (χ0) is 16.2. The molecule has 0 spiro atoms. The van der Waals surface area contributed by atoms with Gasteiger partial charge in [0.2, 0.25) is 5.91 Å². The standard InChI is InChI=1S/C19H16N2O2/c20-13-18(22)21(17-8-2-1-3-9-17)19(23)16-11-10-14-6-4-5-7-15(14)12-16/h1-12H,13,20H2. The summed E-state index contributed by atoms with van der Waals surface area (Å²) in [5.74, 6) is -0.813. The molecule has 0 fully saturated rings. The third-order valence-corrected chi connectivity index (χ3v) is 3.64. The number of hydrogen-bond acceptors (Lipinski definition) is 3. The minimum atomic E-state index is -0.436. The van der Waals surface area contributed by atoms with Crippen molar-refractivity contribution in [3.05, 3.63) is 78.4 Å². The molecule has 0 saturated heterocycles. The first-order valence-electron chi connectivity index (χ1n) is 7.32. The van der Waals surface area contributed by atoms with Crippen LogP contribution in [0.15, 0.2) is 72.8 Å². The molecular weight excluding hydrogens is 288 g/mol. The van der Waals surface area contributed by atoms with Gasteiger partial charge in [0, 0.05) is 5.56 Å². The lowest BCUT2D eigenvalue weighted by Crippen LogP contribution is -2.40. The van der Waals surface area contributed by atoms with Crippen LogP contribution in [-0.4, -0.2) is 18.4 Å². The van der Waals surface area contributed by atoms with Crippen LogP contribution in [0, 0.1) is 0 Å². The Morgan fingerprint density at radius 1 is 0.826 bits per heavy atom. The fourth-order valence-corrected chi connectivity index (χ4v) is 2.49. The lowest BCUT2D eigenvalue weighted by Gasteiger charge is -2.20. The van der Waals surface area contributed by atoms with E-state index in [-0.39, 0.29) is 12.5 Å². The van der Waals surface area contributed by atoms with E-state index in [0.717, 1.165) is 15.7 Å². The Balaban J connectivity index is 2.04. The molecule has 3 aromatic rings. The van der Waals surface area contributed by atoms with E-state index in [2.05, 4.69) is 0 Å². The summed E-state index contributed by atoms with van der Waals surface area (Å²) < 4.78 is 0. The largest absolute Gasteiger partial charge is 0.322 e. The van der Waals surface area contributed by atoms with E-state index < -0.39 is 5.91 Å². The van der Waals surface area contributed by atoms with E-state index in [1.54, 1.807) is 36.4 Å². The van der Waals surface area contributed by atoms with E-state index in [1.807, 2.05) is 36.4 Å². The Bertz CT molecular complexity index is 859. The van der Waals surface area contributed by atoms with Crippen molar-refractivity contribution in [1.29, 1.82) is 0 Å². The zero-order valence-electron chi connectivity index (χ0n) is 12.5. The molecule has 4 nitrogen and oxygen atoms in total. The van der Waals surface area contributed by atoms with Gasteiger partial charge in [-0.15, -0.1) is 0 Å². The number of hydrogen-bond donors (Lipinski definition) is 1. The number of benzene rings is 3. The summed E-state index contributed by atoms with van der Waals surface area (Å²) >= 11 is 0. The number of nitrogens with zero attached hydrogens (tertiary/aromatic N) is 1. The summed E-state index contributed by atoms with van der Waals surface area (Å²) in [7, 11) is 0. The van der Waals surface area contributed by atoms with Crippen molar-refractivity contribution in [2.45, 2.75) is 0 Å². The van der Waals surface area contributed by atoms with Crippen LogP contribution in [0.2, 0.25) is 0 Å². The summed E-state index contributed by atoms with van der Waals surface area (Å²) in [6, 6.07) is 22.0. The molecule has 2 amide bonds. The first kappa shape index (κ1) is 14.9. The highest BCUT2D eigenvalue weighted by Crippen LogP contribution is 2.20. The second-order valence-electron chi connectivity index (χ2n) is 5.14. The first-order valence-corrected chi connectivity index (χ1v) is 7.32. The molecular formula is C19H16N2O2. The summed E-state index contributed by atoms with van der Waals surface area (Å²) in [5.41, 5.74) is 6.44. The first-order chi connectivity index (χ1) is 11.2. The molecule has 3 aromatic carbocycles. The topological polar surface area (TPSA) is 63.4 Å². The lowest BCUT2D eigenvalue weighted by atomic mass is 10.1. The molecule has 0 heterocycles. The highest BCUT2D eigenvalue weighted by atomic mass is 16.2. The number of imide groups is 1. The Hall–Kier alpha value is -2.98.